The van der Waals surface area contributed by atoms with E-state index in [1.165, 1.54) is 12.8 Å². The number of aliphatic hydroxyl groups is 1. The minimum absolute atomic E-state index is 0.483. The molecule has 0 spiro atoms. The van der Waals surface area contributed by atoms with Crippen LogP contribution in [-0.4, -0.2) is 23.8 Å². The largest absolute Gasteiger partial charge is 0.389 e. The van der Waals surface area contributed by atoms with E-state index in [1.807, 2.05) is 0 Å². The van der Waals surface area contributed by atoms with Crippen molar-refractivity contribution in [3.8, 4) is 0 Å². The van der Waals surface area contributed by atoms with Crippen LogP contribution < -0.4 is 5.32 Å². The van der Waals surface area contributed by atoms with Crippen molar-refractivity contribution >= 4 is 0 Å². The highest BCUT2D eigenvalue weighted by molar-refractivity contribution is 4.82. The third-order valence-electron chi connectivity index (χ3n) is 3.66. The lowest BCUT2D eigenvalue weighted by molar-refractivity contribution is 0.0318. The highest BCUT2D eigenvalue weighted by atomic mass is 16.3. The van der Waals surface area contributed by atoms with Crippen LogP contribution in [0.5, 0.6) is 0 Å². The van der Waals surface area contributed by atoms with E-state index >= 15 is 0 Å². The molecule has 1 fully saturated rings. The second-order valence-electron chi connectivity index (χ2n) is 4.88. The average molecular weight is 199 g/mol. The van der Waals surface area contributed by atoms with Gasteiger partial charge in [0.2, 0.25) is 0 Å². The molecule has 1 aliphatic rings. The Kier molecular flexibility index (Phi) is 4.39. The summed E-state index contributed by atoms with van der Waals surface area (Å²) < 4.78 is 0. The fourth-order valence-corrected chi connectivity index (χ4v) is 1.86. The van der Waals surface area contributed by atoms with Gasteiger partial charge in [0, 0.05) is 6.54 Å². The van der Waals surface area contributed by atoms with Crippen LogP contribution in [0, 0.1) is 11.8 Å². The lowest BCUT2D eigenvalue weighted by Crippen LogP contribution is -2.41. The van der Waals surface area contributed by atoms with E-state index in [1.54, 1.807) is 0 Å². The first-order valence-corrected chi connectivity index (χ1v) is 6.04. The predicted molar refractivity (Wildman–Crippen MR) is 60.3 cm³/mol. The Morgan fingerprint density at radius 1 is 1.36 bits per heavy atom. The van der Waals surface area contributed by atoms with Crippen molar-refractivity contribution in [2.45, 2.75) is 52.1 Å². The number of hydrogen-bond acceptors (Lipinski definition) is 2. The normalized spacial score (nSPS) is 19.7. The molecule has 0 radical (unpaired) electrons. The van der Waals surface area contributed by atoms with Crippen molar-refractivity contribution in [3.05, 3.63) is 0 Å². The van der Waals surface area contributed by atoms with Crippen LogP contribution in [0.25, 0.3) is 0 Å². The molecule has 1 saturated carbocycles. The van der Waals surface area contributed by atoms with Crippen molar-refractivity contribution in [2.24, 2.45) is 11.8 Å². The van der Waals surface area contributed by atoms with Gasteiger partial charge in [0.25, 0.3) is 0 Å². The molecule has 0 amide bonds. The van der Waals surface area contributed by atoms with Gasteiger partial charge in [0.05, 0.1) is 5.60 Å². The monoisotopic (exact) mass is 199 g/mol. The molecular formula is C12H25NO. The van der Waals surface area contributed by atoms with E-state index in [-0.39, 0.29) is 0 Å². The second-order valence-corrected chi connectivity index (χ2v) is 4.88. The standard InChI is InChI=1S/C12H25NO/c1-4-12(14,5-2)9-13-8-10(3)11-6-7-11/h10-11,13-14H,4-9H2,1-3H3. The summed E-state index contributed by atoms with van der Waals surface area (Å²) in [5, 5.41) is 13.4. The summed E-state index contributed by atoms with van der Waals surface area (Å²) in [5.41, 5.74) is -0.483. The molecule has 0 aromatic carbocycles. The van der Waals surface area contributed by atoms with Crippen molar-refractivity contribution in [1.82, 2.24) is 5.32 Å². The quantitative estimate of drug-likeness (QED) is 0.658. The molecular weight excluding hydrogens is 174 g/mol. The Balaban J connectivity index is 2.12. The van der Waals surface area contributed by atoms with E-state index in [2.05, 4.69) is 26.1 Å². The summed E-state index contributed by atoms with van der Waals surface area (Å²) in [6.07, 6.45) is 4.51. The molecule has 1 aliphatic carbocycles. The molecule has 1 unspecified atom stereocenters. The third-order valence-corrected chi connectivity index (χ3v) is 3.66. The molecule has 1 rings (SSSR count). The van der Waals surface area contributed by atoms with Crippen LogP contribution in [0.4, 0.5) is 0 Å². The Bertz CT molecular complexity index is 162. The molecule has 0 aliphatic heterocycles. The van der Waals surface area contributed by atoms with Gasteiger partial charge in [-0.2, -0.15) is 0 Å². The van der Waals surface area contributed by atoms with Crippen molar-refractivity contribution < 1.29 is 5.11 Å². The Labute approximate surface area is 88.1 Å². The topological polar surface area (TPSA) is 32.3 Å². The summed E-state index contributed by atoms with van der Waals surface area (Å²) in [5.74, 6) is 1.74. The fourth-order valence-electron chi connectivity index (χ4n) is 1.86. The number of rotatable bonds is 7. The van der Waals surface area contributed by atoms with Gasteiger partial charge < -0.3 is 10.4 Å². The maximum atomic E-state index is 10.0. The molecule has 14 heavy (non-hydrogen) atoms. The Hall–Kier alpha value is -0.0800. The molecule has 2 nitrogen and oxygen atoms in total. The zero-order valence-electron chi connectivity index (χ0n) is 9.84. The summed E-state index contributed by atoms with van der Waals surface area (Å²) in [6, 6.07) is 0. The minimum atomic E-state index is -0.483. The average Bonchev–Trinajstić information content (AvgIpc) is 3.00. The number of hydrogen-bond donors (Lipinski definition) is 2. The fraction of sp³-hybridized carbons (Fsp3) is 1.00. The van der Waals surface area contributed by atoms with Crippen molar-refractivity contribution in [3.63, 3.8) is 0 Å². The third kappa shape index (κ3) is 3.58. The van der Waals surface area contributed by atoms with Gasteiger partial charge in [-0.05, 0) is 44.1 Å². The van der Waals surface area contributed by atoms with Crippen LogP contribution in [0.15, 0.2) is 0 Å². The van der Waals surface area contributed by atoms with Gasteiger partial charge in [-0.1, -0.05) is 20.8 Å². The second kappa shape index (κ2) is 5.13. The van der Waals surface area contributed by atoms with E-state index in [0.717, 1.165) is 37.8 Å². The highest BCUT2D eigenvalue weighted by Crippen LogP contribution is 2.36. The first kappa shape index (κ1) is 12.0. The van der Waals surface area contributed by atoms with Gasteiger partial charge in [0.15, 0.2) is 0 Å². The zero-order valence-corrected chi connectivity index (χ0v) is 9.84. The summed E-state index contributed by atoms with van der Waals surface area (Å²) in [7, 11) is 0. The van der Waals surface area contributed by atoms with Gasteiger partial charge >= 0.3 is 0 Å². The van der Waals surface area contributed by atoms with Gasteiger partial charge in [-0.3, -0.25) is 0 Å². The predicted octanol–water partition coefficient (Wildman–Crippen LogP) is 2.17. The zero-order chi connectivity index (χ0) is 10.6. The molecule has 1 atom stereocenters. The van der Waals surface area contributed by atoms with Crippen LogP contribution in [0.3, 0.4) is 0 Å². The molecule has 2 heteroatoms. The van der Waals surface area contributed by atoms with Crippen LogP contribution in [0.1, 0.15) is 46.5 Å². The summed E-state index contributed by atoms with van der Waals surface area (Å²) in [4.78, 5) is 0. The Morgan fingerprint density at radius 2 is 1.93 bits per heavy atom. The van der Waals surface area contributed by atoms with E-state index in [0.29, 0.717) is 0 Å². The lowest BCUT2D eigenvalue weighted by Gasteiger charge is -2.26. The van der Waals surface area contributed by atoms with Crippen LogP contribution in [-0.2, 0) is 0 Å². The molecule has 0 bridgehead atoms. The maximum Gasteiger partial charge on any atom is 0.0766 e. The van der Waals surface area contributed by atoms with Crippen LogP contribution >= 0.6 is 0 Å². The van der Waals surface area contributed by atoms with Crippen molar-refractivity contribution in [2.75, 3.05) is 13.1 Å². The van der Waals surface area contributed by atoms with Gasteiger partial charge in [-0.15, -0.1) is 0 Å². The Morgan fingerprint density at radius 3 is 2.36 bits per heavy atom. The molecule has 84 valence electrons. The molecule has 2 N–H and O–H groups in total. The maximum absolute atomic E-state index is 10.0. The van der Waals surface area contributed by atoms with Gasteiger partial charge in [-0.25, -0.2) is 0 Å². The summed E-state index contributed by atoms with van der Waals surface area (Å²) in [6.45, 7) is 8.22. The first-order valence-electron chi connectivity index (χ1n) is 6.04. The van der Waals surface area contributed by atoms with Crippen LogP contribution in [0.2, 0.25) is 0 Å². The lowest BCUT2D eigenvalue weighted by atomic mass is 9.97. The minimum Gasteiger partial charge on any atom is -0.389 e. The van der Waals surface area contributed by atoms with E-state index in [9.17, 15) is 5.11 Å². The molecule has 0 aromatic heterocycles. The highest BCUT2D eigenvalue weighted by Gasteiger charge is 2.28. The number of nitrogens with one attached hydrogen (secondary N) is 1. The van der Waals surface area contributed by atoms with E-state index in [4.69, 9.17) is 0 Å². The first-order chi connectivity index (χ1) is 6.61. The molecule has 0 saturated heterocycles. The van der Waals surface area contributed by atoms with Crippen molar-refractivity contribution in [1.29, 1.82) is 0 Å². The molecule has 0 heterocycles. The molecule has 0 aromatic rings. The smallest absolute Gasteiger partial charge is 0.0766 e. The summed E-state index contributed by atoms with van der Waals surface area (Å²) >= 11 is 0. The van der Waals surface area contributed by atoms with E-state index < -0.39 is 5.60 Å². The van der Waals surface area contributed by atoms with Gasteiger partial charge in [0.1, 0.15) is 0 Å². The SMILES string of the molecule is CCC(O)(CC)CNCC(C)C1CC1.